The van der Waals surface area contributed by atoms with Crippen molar-refractivity contribution in [3.05, 3.63) is 17.2 Å². The molecule has 152 valence electrons. The van der Waals surface area contributed by atoms with Crippen LogP contribution in [0.1, 0.15) is 57.9 Å². The molecule has 28 heavy (non-hydrogen) atoms. The van der Waals surface area contributed by atoms with Crippen molar-refractivity contribution in [1.29, 1.82) is 0 Å². The number of likely N-dealkylation sites (tertiary alicyclic amines) is 1. The van der Waals surface area contributed by atoms with Crippen molar-refractivity contribution >= 4 is 34.2 Å². The fourth-order valence-corrected chi connectivity index (χ4v) is 4.62. The largest absolute Gasteiger partial charge is 0.299 e. The molecule has 3 atom stereocenters. The Balaban J connectivity index is 1.76. The summed E-state index contributed by atoms with van der Waals surface area (Å²) in [5, 5.41) is 12.2. The summed E-state index contributed by atoms with van der Waals surface area (Å²) in [5.74, 6) is -1.31. The van der Waals surface area contributed by atoms with Crippen molar-refractivity contribution < 1.29 is 14.4 Å². The predicted octanol–water partition coefficient (Wildman–Crippen LogP) is 3.19. The number of nitrogens with one attached hydrogen (secondary N) is 1. The highest BCUT2D eigenvalue weighted by atomic mass is 32.1. The molecule has 0 spiro atoms. The maximum Gasteiger partial charge on any atom is 0.249 e. The molecule has 2 heterocycles. The van der Waals surface area contributed by atoms with Gasteiger partial charge in [-0.3, -0.25) is 24.6 Å². The number of carbonyl (C=O) groups excluding carboxylic acids is 3. The monoisotopic (exact) mass is 404 g/mol. The molecular formula is C20H28N4O3S. The lowest BCUT2D eigenvalue weighted by molar-refractivity contribution is -0.147. The summed E-state index contributed by atoms with van der Waals surface area (Å²) in [7, 11) is 0. The predicted molar refractivity (Wildman–Crippen MR) is 108 cm³/mol. The number of imide groups is 1. The number of carbonyl (C=O) groups is 3. The molecule has 3 unspecified atom stereocenters. The highest BCUT2D eigenvalue weighted by Crippen LogP contribution is 2.37. The second-order valence-electron chi connectivity index (χ2n) is 7.94. The van der Waals surface area contributed by atoms with E-state index in [1.54, 1.807) is 0 Å². The summed E-state index contributed by atoms with van der Waals surface area (Å²) in [6.45, 7) is 6.07. The molecule has 1 aromatic rings. The van der Waals surface area contributed by atoms with Crippen LogP contribution >= 0.6 is 11.3 Å². The lowest BCUT2D eigenvalue weighted by atomic mass is 9.85. The fraction of sp³-hybridized carbons (Fsp3) is 0.650. The van der Waals surface area contributed by atoms with Crippen molar-refractivity contribution in [1.82, 2.24) is 15.1 Å². The molecule has 0 radical (unpaired) electrons. The number of fused-ring (bicyclic) bond motifs is 1. The van der Waals surface area contributed by atoms with Crippen LogP contribution in [0.5, 0.6) is 0 Å². The van der Waals surface area contributed by atoms with Crippen LogP contribution in [0.15, 0.2) is 12.2 Å². The van der Waals surface area contributed by atoms with Gasteiger partial charge in [0.2, 0.25) is 22.9 Å². The Hall–Kier alpha value is -2.09. The lowest BCUT2D eigenvalue weighted by Crippen LogP contribution is -2.48. The first-order chi connectivity index (χ1) is 13.4. The van der Waals surface area contributed by atoms with Gasteiger partial charge in [-0.25, -0.2) is 0 Å². The molecule has 0 bridgehead atoms. The van der Waals surface area contributed by atoms with E-state index in [-0.39, 0.29) is 35.5 Å². The molecule has 1 saturated heterocycles. The third-order valence-electron chi connectivity index (χ3n) is 5.29. The molecule has 3 rings (SSSR count). The van der Waals surface area contributed by atoms with Gasteiger partial charge in [-0.1, -0.05) is 50.7 Å². The number of aryl methyl sites for hydroxylation is 1. The summed E-state index contributed by atoms with van der Waals surface area (Å²) >= 11 is 1.35. The minimum absolute atomic E-state index is 0.159. The number of allylic oxidation sites excluding steroid dienone is 2. The minimum Gasteiger partial charge on any atom is -0.299 e. The number of amides is 3. The average Bonchev–Trinajstić information content (AvgIpc) is 3.21. The van der Waals surface area contributed by atoms with Gasteiger partial charge in [-0.15, -0.1) is 10.2 Å². The van der Waals surface area contributed by atoms with E-state index in [9.17, 15) is 14.4 Å². The van der Waals surface area contributed by atoms with Crippen molar-refractivity contribution in [2.45, 2.75) is 65.3 Å². The highest BCUT2D eigenvalue weighted by Gasteiger charge is 2.51. The number of rotatable bonds is 8. The number of hydrogen-bond donors (Lipinski definition) is 1. The van der Waals surface area contributed by atoms with Crippen molar-refractivity contribution in [2.24, 2.45) is 17.8 Å². The van der Waals surface area contributed by atoms with E-state index in [1.807, 2.05) is 26.0 Å². The molecule has 0 aromatic carbocycles. The minimum atomic E-state index is -0.811. The second-order valence-corrected chi connectivity index (χ2v) is 9.00. The zero-order chi connectivity index (χ0) is 20.3. The van der Waals surface area contributed by atoms with E-state index in [4.69, 9.17) is 0 Å². The van der Waals surface area contributed by atoms with Crippen molar-refractivity contribution in [3.63, 3.8) is 0 Å². The zero-order valence-corrected chi connectivity index (χ0v) is 17.5. The maximum absolute atomic E-state index is 13.0. The van der Waals surface area contributed by atoms with Crippen LogP contribution in [0.4, 0.5) is 5.13 Å². The molecule has 1 fully saturated rings. The molecule has 1 aromatic heterocycles. The van der Waals surface area contributed by atoms with Gasteiger partial charge in [0.1, 0.15) is 11.0 Å². The quantitative estimate of drug-likeness (QED) is 0.531. The second kappa shape index (κ2) is 8.94. The van der Waals surface area contributed by atoms with Gasteiger partial charge in [0, 0.05) is 6.42 Å². The van der Waals surface area contributed by atoms with Gasteiger partial charge in [0.05, 0.1) is 11.8 Å². The van der Waals surface area contributed by atoms with Crippen LogP contribution in [0.2, 0.25) is 0 Å². The van der Waals surface area contributed by atoms with E-state index in [2.05, 4.69) is 22.4 Å². The average molecular weight is 405 g/mol. The first kappa shape index (κ1) is 20.6. The molecule has 7 nitrogen and oxygen atoms in total. The summed E-state index contributed by atoms with van der Waals surface area (Å²) < 4.78 is 0. The van der Waals surface area contributed by atoms with Gasteiger partial charge < -0.3 is 0 Å². The number of unbranched alkanes of at least 4 members (excludes halogenated alkanes) is 1. The highest BCUT2D eigenvalue weighted by molar-refractivity contribution is 7.15. The van der Waals surface area contributed by atoms with Crippen LogP contribution in [0.3, 0.4) is 0 Å². The fourth-order valence-electron chi connectivity index (χ4n) is 3.83. The van der Waals surface area contributed by atoms with E-state index in [0.717, 1.165) is 24.3 Å². The van der Waals surface area contributed by atoms with Gasteiger partial charge >= 0.3 is 0 Å². The first-order valence-electron chi connectivity index (χ1n) is 10.1. The normalized spacial score (nSPS) is 22.6. The molecule has 8 heteroatoms. The summed E-state index contributed by atoms with van der Waals surface area (Å²) in [6, 6.07) is -0.811. The number of anilines is 1. The third kappa shape index (κ3) is 4.32. The molecule has 1 aliphatic carbocycles. The zero-order valence-electron chi connectivity index (χ0n) is 16.7. The smallest absolute Gasteiger partial charge is 0.249 e. The third-order valence-corrected chi connectivity index (χ3v) is 6.19. The molecular weight excluding hydrogens is 376 g/mol. The van der Waals surface area contributed by atoms with Gasteiger partial charge in [0.25, 0.3) is 0 Å². The summed E-state index contributed by atoms with van der Waals surface area (Å²) in [6.07, 6.45) is 8.38. The maximum atomic E-state index is 13.0. The number of hydrogen-bond acceptors (Lipinski definition) is 6. The molecule has 3 amide bonds. The van der Waals surface area contributed by atoms with E-state index >= 15 is 0 Å². The Morgan fingerprint density at radius 3 is 2.43 bits per heavy atom. The van der Waals surface area contributed by atoms with Gasteiger partial charge in [0.15, 0.2) is 0 Å². The number of nitrogens with zero attached hydrogens (tertiary/aromatic N) is 3. The van der Waals surface area contributed by atoms with E-state index in [0.29, 0.717) is 24.4 Å². The molecule has 0 saturated carbocycles. The van der Waals surface area contributed by atoms with Crippen LogP contribution in [0.25, 0.3) is 0 Å². The Kier molecular flexibility index (Phi) is 6.59. The molecule has 1 N–H and O–H groups in total. The topological polar surface area (TPSA) is 92.3 Å². The van der Waals surface area contributed by atoms with Crippen molar-refractivity contribution in [2.75, 3.05) is 5.32 Å². The Bertz CT molecular complexity index is 747. The Morgan fingerprint density at radius 1 is 1.21 bits per heavy atom. The van der Waals surface area contributed by atoms with Crippen LogP contribution in [0, 0.1) is 17.8 Å². The summed E-state index contributed by atoms with van der Waals surface area (Å²) in [5.41, 5.74) is 0. The van der Waals surface area contributed by atoms with Crippen LogP contribution in [-0.2, 0) is 20.8 Å². The van der Waals surface area contributed by atoms with E-state index in [1.165, 1.54) is 16.2 Å². The van der Waals surface area contributed by atoms with Crippen LogP contribution in [-0.4, -0.2) is 38.9 Å². The molecule has 2 aliphatic rings. The standard InChI is InChI=1S/C20H28N4O3S/c1-4-5-10-16-22-23-20(28-16)21-17(25)15(11-12(2)3)24-18(26)13-8-6-7-9-14(13)19(24)27/h6-7,12-15H,4-5,8-11H2,1-3H3,(H,21,23,25). The van der Waals surface area contributed by atoms with Gasteiger partial charge in [-0.05, 0) is 31.6 Å². The summed E-state index contributed by atoms with van der Waals surface area (Å²) in [4.78, 5) is 40.1. The van der Waals surface area contributed by atoms with Crippen LogP contribution < -0.4 is 5.32 Å². The van der Waals surface area contributed by atoms with E-state index < -0.39 is 6.04 Å². The van der Waals surface area contributed by atoms with Crippen molar-refractivity contribution in [3.8, 4) is 0 Å². The number of aromatic nitrogens is 2. The SMILES string of the molecule is CCCCc1nnc(NC(=O)C(CC(C)C)N2C(=O)C3CC=CCC3C2=O)s1. The van der Waals surface area contributed by atoms with Gasteiger partial charge in [-0.2, -0.15) is 0 Å². The first-order valence-corrected chi connectivity index (χ1v) is 10.9. The Morgan fingerprint density at radius 2 is 1.86 bits per heavy atom. The molecule has 1 aliphatic heterocycles. The Labute approximate surface area is 169 Å². The lowest BCUT2D eigenvalue weighted by Gasteiger charge is -2.26.